The zero-order valence-corrected chi connectivity index (χ0v) is 14.9. The van der Waals surface area contributed by atoms with E-state index in [1.165, 1.54) is 10.6 Å². The Morgan fingerprint density at radius 1 is 1.26 bits per heavy atom. The minimum Gasteiger partial charge on any atom is -0.381 e. The van der Waals surface area contributed by atoms with Crippen molar-refractivity contribution in [2.75, 3.05) is 19.8 Å². The van der Waals surface area contributed by atoms with Crippen LogP contribution in [0.1, 0.15) is 48.4 Å². The van der Waals surface area contributed by atoms with E-state index >= 15 is 0 Å². The van der Waals surface area contributed by atoms with Crippen LogP contribution in [0.2, 0.25) is 0 Å². The van der Waals surface area contributed by atoms with Gasteiger partial charge in [0.15, 0.2) is 0 Å². The fourth-order valence-corrected chi connectivity index (χ4v) is 4.27. The second-order valence-electron chi connectivity index (χ2n) is 6.52. The summed E-state index contributed by atoms with van der Waals surface area (Å²) in [6, 6.07) is 10.8. The van der Waals surface area contributed by atoms with Crippen LogP contribution in [0.3, 0.4) is 0 Å². The number of ether oxygens (including phenoxy) is 1. The Labute approximate surface area is 143 Å². The Kier molecular flexibility index (Phi) is 5.46. The molecular formula is C19H26N2OS. The molecule has 0 saturated carbocycles. The standard InChI is InChI=1S/C19H26N2OS/c1-15(17-6-4-3-5-7-17)8-11-20-19(9-12-22-13-10-19)18-21-16(2)14-23-18/h3-7,14-15,20H,8-13H2,1-2H3/t15-/m0/s1. The van der Waals surface area contributed by atoms with Gasteiger partial charge in [-0.1, -0.05) is 37.3 Å². The summed E-state index contributed by atoms with van der Waals surface area (Å²) >= 11 is 1.78. The number of hydrogen-bond donors (Lipinski definition) is 1. The summed E-state index contributed by atoms with van der Waals surface area (Å²) in [6.07, 6.45) is 3.16. The van der Waals surface area contributed by atoms with Gasteiger partial charge in [0.05, 0.1) is 5.54 Å². The van der Waals surface area contributed by atoms with Crippen LogP contribution in [0.15, 0.2) is 35.7 Å². The number of thiazole rings is 1. The molecule has 4 heteroatoms. The van der Waals surface area contributed by atoms with Crippen LogP contribution in [0.4, 0.5) is 0 Å². The van der Waals surface area contributed by atoms with Crippen molar-refractivity contribution in [1.82, 2.24) is 10.3 Å². The van der Waals surface area contributed by atoms with Crippen molar-refractivity contribution in [3.05, 3.63) is 52.0 Å². The highest BCUT2D eigenvalue weighted by molar-refractivity contribution is 7.09. The summed E-state index contributed by atoms with van der Waals surface area (Å²) in [5.41, 5.74) is 2.55. The quantitative estimate of drug-likeness (QED) is 0.860. The maximum Gasteiger partial charge on any atom is 0.113 e. The van der Waals surface area contributed by atoms with Gasteiger partial charge in [-0.2, -0.15) is 0 Å². The number of nitrogens with one attached hydrogen (secondary N) is 1. The first-order valence-corrected chi connectivity index (χ1v) is 9.38. The van der Waals surface area contributed by atoms with Gasteiger partial charge >= 0.3 is 0 Å². The average molecular weight is 330 g/mol. The van der Waals surface area contributed by atoms with Gasteiger partial charge in [-0.3, -0.25) is 0 Å². The molecule has 3 rings (SSSR count). The first-order valence-electron chi connectivity index (χ1n) is 8.50. The van der Waals surface area contributed by atoms with E-state index in [1.54, 1.807) is 11.3 Å². The van der Waals surface area contributed by atoms with Gasteiger partial charge < -0.3 is 10.1 Å². The topological polar surface area (TPSA) is 34.1 Å². The molecule has 0 amide bonds. The number of benzene rings is 1. The summed E-state index contributed by atoms with van der Waals surface area (Å²) < 4.78 is 5.59. The van der Waals surface area contributed by atoms with E-state index in [0.717, 1.165) is 44.7 Å². The summed E-state index contributed by atoms with van der Waals surface area (Å²) in [5, 5.41) is 7.21. The molecule has 1 aliphatic rings. The van der Waals surface area contributed by atoms with Crippen molar-refractivity contribution in [1.29, 1.82) is 0 Å². The van der Waals surface area contributed by atoms with Crippen molar-refractivity contribution in [3.63, 3.8) is 0 Å². The van der Waals surface area contributed by atoms with E-state index in [-0.39, 0.29) is 5.54 Å². The fourth-order valence-electron chi connectivity index (χ4n) is 3.24. The van der Waals surface area contributed by atoms with Gasteiger partial charge in [0.2, 0.25) is 0 Å². The SMILES string of the molecule is Cc1csc(C2(NCC[C@H](C)c3ccccc3)CCOCC2)n1. The van der Waals surface area contributed by atoms with E-state index in [4.69, 9.17) is 9.72 Å². The highest BCUT2D eigenvalue weighted by Gasteiger charge is 2.36. The normalized spacial score (nSPS) is 18.7. The van der Waals surface area contributed by atoms with Gasteiger partial charge in [0, 0.05) is 24.3 Å². The van der Waals surface area contributed by atoms with Crippen molar-refractivity contribution < 1.29 is 4.74 Å². The van der Waals surface area contributed by atoms with Crippen LogP contribution in [-0.4, -0.2) is 24.7 Å². The zero-order valence-electron chi connectivity index (χ0n) is 14.0. The summed E-state index contributed by atoms with van der Waals surface area (Å²) in [7, 11) is 0. The smallest absolute Gasteiger partial charge is 0.113 e. The summed E-state index contributed by atoms with van der Waals surface area (Å²) in [6.45, 7) is 7.03. The molecule has 1 atom stereocenters. The number of aromatic nitrogens is 1. The molecule has 2 aromatic rings. The molecule has 3 nitrogen and oxygen atoms in total. The molecule has 1 N–H and O–H groups in total. The fraction of sp³-hybridized carbons (Fsp3) is 0.526. The Bertz CT molecular complexity index is 605. The van der Waals surface area contributed by atoms with E-state index in [2.05, 4.69) is 54.9 Å². The third-order valence-corrected chi connectivity index (χ3v) is 5.95. The molecule has 0 unspecified atom stereocenters. The van der Waals surface area contributed by atoms with Crippen LogP contribution in [-0.2, 0) is 10.3 Å². The lowest BCUT2D eigenvalue weighted by molar-refractivity contribution is 0.0363. The molecule has 124 valence electrons. The first kappa shape index (κ1) is 16.6. The molecule has 1 aromatic carbocycles. The first-order chi connectivity index (χ1) is 11.2. The van der Waals surface area contributed by atoms with E-state index in [9.17, 15) is 0 Å². The number of aryl methyl sites for hydroxylation is 1. The largest absolute Gasteiger partial charge is 0.381 e. The van der Waals surface area contributed by atoms with Crippen molar-refractivity contribution >= 4 is 11.3 Å². The van der Waals surface area contributed by atoms with Crippen LogP contribution >= 0.6 is 11.3 Å². The molecule has 1 fully saturated rings. The third-order valence-electron chi connectivity index (χ3n) is 4.78. The van der Waals surface area contributed by atoms with Crippen molar-refractivity contribution in [2.24, 2.45) is 0 Å². The van der Waals surface area contributed by atoms with Crippen LogP contribution < -0.4 is 5.32 Å². The highest BCUT2D eigenvalue weighted by atomic mass is 32.1. The lowest BCUT2D eigenvalue weighted by atomic mass is 9.89. The van der Waals surface area contributed by atoms with Gasteiger partial charge in [0.1, 0.15) is 5.01 Å². The van der Waals surface area contributed by atoms with Crippen molar-refractivity contribution in [2.45, 2.75) is 44.6 Å². The third kappa shape index (κ3) is 4.00. The molecule has 0 radical (unpaired) electrons. The number of hydrogen-bond acceptors (Lipinski definition) is 4. The van der Waals surface area contributed by atoms with Gasteiger partial charge in [0.25, 0.3) is 0 Å². The van der Waals surface area contributed by atoms with Gasteiger partial charge in [-0.25, -0.2) is 4.98 Å². The predicted molar refractivity (Wildman–Crippen MR) is 96.1 cm³/mol. The zero-order chi connectivity index (χ0) is 16.1. The predicted octanol–water partition coefficient (Wildman–Crippen LogP) is 4.24. The lowest BCUT2D eigenvalue weighted by Crippen LogP contribution is -2.47. The Balaban J connectivity index is 1.63. The number of rotatable bonds is 6. The van der Waals surface area contributed by atoms with Gasteiger partial charge in [-0.15, -0.1) is 11.3 Å². The molecule has 0 bridgehead atoms. The molecule has 0 spiro atoms. The molecule has 1 saturated heterocycles. The average Bonchev–Trinajstić information content (AvgIpc) is 3.03. The molecule has 1 aliphatic heterocycles. The van der Waals surface area contributed by atoms with E-state index < -0.39 is 0 Å². The maximum atomic E-state index is 5.59. The van der Waals surface area contributed by atoms with E-state index in [0.29, 0.717) is 5.92 Å². The number of nitrogens with zero attached hydrogens (tertiary/aromatic N) is 1. The Morgan fingerprint density at radius 3 is 2.65 bits per heavy atom. The highest BCUT2D eigenvalue weighted by Crippen LogP contribution is 2.34. The monoisotopic (exact) mass is 330 g/mol. The van der Waals surface area contributed by atoms with Crippen LogP contribution in [0, 0.1) is 6.92 Å². The lowest BCUT2D eigenvalue weighted by Gasteiger charge is -2.37. The van der Waals surface area contributed by atoms with Gasteiger partial charge in [-0.05, 0) is 44.2 Å². The Hall–Kier alpha value is -1.23. The Morgan fingerprint density at radius 2 is 2.00 bits per heavy atom. The van der Waals surface area contributed by atoms with Crippen LogP contribution in [0.5, 0.6) is 0 Å². The summed E-state index contributed by atoms with van der Waals surface area (Å²) in [5.74, 6) is 0.568. The molecular weight excluding hydrogens is 304 g/mol. The molecule has 1 aromatic heterocycles. The van der Waals surface area contributed by atoms with Crippen molar-refractivity contribution in [3.8, 4) is 0 Å². The minimum absolute atomic E-state index is 0.00752. The second kappa shape index (κ2) is 7.56. The maximum absolute atomic E-state index is 5.59. The minimum atomic E-state index is 0.00752. The molecule has 2 heterocycles. The van der Waals surface area contributed by atoms with Crippen LogP contribution in [0.25, 0.3) is 0 Å². The van der Waals surface area contributed by atoms with E-state index in [1.807, 2.05) is 0 Å². The molecule has 0 aliphatic carbocycles. The second-order valence-corrected chi connectivity index (χ2v) is 7.37. The molecule has 23 heavy (non-hydrogen) atoms. The summed E-state index contributed by atoms with van der Waals surface area (Å²) in [4.78, 5) is 4.76.